The zero-order valence-electron chi connectivity index (χ0n) is 9.32. The van der Waals surface area contributed by atoms with Crippen LogP contribution in [0, 0.1) is 5.92 Å². The van der Waals surface area contributed by atoms with E-state index in [9.17, 15) is 4.79 Å². The molecular formula is C12H15BrN2O. The van der Waals surface area contributed by atoms with E-state index in [-0.39, 0.29) is 5.91 Å². The lowest BCUT2D eigenvalue weighted by molar-refractivity contribution is -0.127. The van der Waals surface area contributed by atoms with Crippen LogP contribution in [0.4, 0.5) is 0 Å². The molecule has 3 nitrogen and oxygen atoms in total. The standard InChI is InChI=1S/C12H15BrN2O/c1-9(16)15-6-5-10(8-15)7-11-3-2-4-12(13)14-11/h2-4,10H,5-8H2,1H3/t10-/m1/s1. The predicted octanol–water partition coefficient (Wildman–Crippen LogP) is 2.26. The van der Waals surface area contributed by atoms with Gasteiger partial charge in [0, 0.05) is 25.7 Å². The minimum Gasteiger partial charge on any atom is -0.343 e. The lowest BCUT2D eigenvalue weighted by Crippen LogP contribution is -2.26. The van der Waals surface area contributed by atoms with E-state index in [0.717, 1.165) is 36.2 Å². The molecule has 0 aliphatic carbocycles. The van der Waals surface area contributed by atoms with Gasteiger partial charge < -0.3 is 4.90 Å². The fraction of sp³-hybridized carbons (Fsp3) is 0.500. The summed E-state index contributed by atoms with van der Waals surface area (Å²) in [6.45, 7) is 3.41. The molecule has 0 spiro atoms. The maximum atomic E-state index is 11.2. The van der Waals surface area contributed by atoms with Crippen LogP contribution in [0.1, 0.15) is 19.0 Å². The normalized spacial score (nSPS) is 20.1. The van der Waals surface area contributed by atoms with Gasteiger partial charge in [0.2, 0.25) is 5.91 Å². The number of pyridine rings is 1. The van der Waals surface area contributed by atoms with Crippen LogP contribution in [0.15, 0.2) is 22.8 Å². The Morgan fingerprint density at radius 3 is 3.06 bits per heavy atom. The van der Waals surface area contributed by atoms with Gasteiger partial charge >= 0.3 is 0 Å². The van der Waals surface area contributed by atoms with Crippen molar-refractivity contribution in [3.8, 4) is 0 Å². The van der Waals surface area contributed by atoms with E-state index < -0.39 is 0 Å². The second-order valence-corrected chi connectivity index (χ2v) is 5.09. The van der Waals surface area contributed by atoms with Crippen molar-refractivity contribution in [2.24, 2.45) is 5.92 Å². The summed E-state index contributed by atoms with van der Waals surface area (Å²) in [6.07, 6.45) is 2.05. The summed E-state index contributed by atoms with van der Waals surface area (Å²) in [7, 11) is 0. The van der Waals surface area contributed by atoms with Gasteiger partial charge in [0.1, 0.15) is 4.60 Å². The molecule has 4 heteroatoms. The number of carbonyl (C=O) groups excluding carboxylic acids is 1. The number of carbonyl (C=O) groups is 1. The minimum absolute atomic E-state index is 0.185. The van der Waals surface area contributed by atoms with Crippen molar-refractivity contribution in [1.82, 2.24) is 9.88 Å². The largest absolute Gasteiger partial charge is 0.343 e. The first-order valence-corrected chi connectivity index (χ1v) is 6.31. The van der Waals surface area contributed by atoms with Crippen LogP contribution in [0.3, 0.4) is 0 Å². The quantitative estimate of drug-likeness (QED) is 0.780. The highest BCUT2D eigenvalue weighted by Crippen LogP contribution is 2.20. The summed E-state index contributed by atoms with van der Waals surface area (Å²) in [5.41, 5.74) is 1.10. The van der Waals surface area contributed by atoms with Crippen molar-refractivity contribution < 1.29 is 4.79 Å². The topological polar surface area (TPSA) is 33.2 Å². The van der Waals surface area contributed by atoms with E-state index in [1.54, 1.807) is 6.92 Å². The highest BCUT2D eigenvalue weighted by atomic mass is 79.9. The first kappa shape index (κ1) is 11.6. The van der Waals surface area contributed by atoms with E-state index in [1.807, 2.05) is 23.1 Å². The van der Waals surface area contributed by atoms with Crippen molar-refractivity contribution in [2.45, 2.75) is 19.8 Å². The Hall–Kier alpha value is -0.900. The molecule has 1 aromatic heterocycles. The molecule has 2 rings (SSSR count). The van der Waals surface area contributed by atoms with Gasteiger partial charge in [-0.3, -0.25) is 4.79 Å². The number of aromatic nitrogens is 1. The molecule has 1 aliphatic rings. The van der Waals surface area contributed by atoms with Crippen molar-refractivity contribution >= 4 is 21.8 Å². The van der Waals surface area contributed by atoms with E-state index >= 15 is 0 Å². The molecule has 16 heavy (non-hydrogen) atoms. The van der Waals surface area contributed by atoms with Gasteiger partial charge in [-0.1, -0.05) is 6.07 Å². The van der Waals surface area contributed by atoms with E-state index in [2.05, 4.69) is 20.9 Å². The van der Waals surface area contributed by atoms with Gasteiger partial charge in [-0.15, -0.1) is 0 Å². The molecule has 1 saturated heterocycles. The monoisotopic (exact) mass is 282 g/mol. The SMILES string of the molecule is CC(=O)N1CC[C@H](Cc2cccc(Br)n2)C1. The molecular weight excluding hydrogens is 268 g/mol. The van der Waals surface area contributed by atoms with E-state index in [1.165, 1.54) is 0 Å². The third-order valence-corrected chi connectivity index (χ3v) is 3.44. The summed E-state index contributed by atoms with van der Waals surface area (Å²) in [6, 6.07) is 5.98. The summed E-state index contributed by atoms with van der Waals surface area (Å²) >= 11 is 3.37. The lowest BCUT2D eigenvalue weighted by atomic mass is 10.0. The van der Waals surface area contributed by atoms with Gasteiger partial charge in [0.15, 0.2) is 0 Å². The zero-order chi connectivity index (χ0) is 11.5. The third-order valence-electron chi connectivity index (χ3n) is 3.00. The molecule has 0 saturated carbocycles. The second kappa shape index (κ2) is 4.95. The highest BCUT2D eigenvalue weighted by molar-refractivity contribution is 9.10. The molecule has 0 unspecified atom stereocenters. The van der Waals surface area contributed by atoms with Crippen LogP contribution in [-0.2, 0) is 11.2 Å². The number of nitrogens with zero attached hydrogens (tertiary/aromatic N) is 2. The molecule has 1 fully saturated rings. The number of amides is 1. The van der Waals surface area contributed by atoms with Crippen LogP contribution in [0.25, 0.3) is 0 Å². The Kier molecular flexibility index (Phi) is 3.59. The average Bonchev–Trinajstić information content (AvgIpc) is 2.66. The summed E-state index contributed by atoms with van der Waals surface area (Å²) in [5.74, 6) is 0.746. The molecule has 0 N–H and O–H groups in total. The second-order valence-electron chi connectivity index (χ2n) is 4.28. The Balaban J connectivity index is 1.94. The van der Waals surface area contributed by atoms with Crippen molar-refractivity contribution in [3.05, 3.63) is 28.5 Å². The first-order chi connectivity index (χ1) is 7.65. The molecule has 86 valence electrons. The van der Waals surface area contributed by atoms with Crippen molar-refractivity contribution in [1.29, 1.82) is 0 Å². The molecule has 1 amide bonds. The average molecular weight is 283 g/mol. The Morgan fingerprint density at radius 2 is 2.44 bits per heavy atom. The maximum Gasteiger partial charge on any atom is 0.219 e. The van der Waals surface area contributed by atoms with Gasteiger partial charge in [-0.25, -0.2) is 4.98 Å². The zero-order valence-corrected chi connectivity index (χ0v) is 10.9. The molecule has 0 bridgehead atoms. The molecule has 1 aliphatic heterocycles. The molecule has 1 aromatic rings. The summed E-state index contributed by atoms with van der Waals surface area (Å²) < 4.78 is 0.881. The smallest absolute Gasteiger partial charge is 0.219 e. The number of halogens is 1. The fourth-order valence-electron chi connectivity index (χ4n) is 2.15. The molecule has 0 radical (unpaired) electrons. The molecule has 1 atom stereocenters. The van der Waals surface area contributed by atoms with E-state index in [4.69, 9.17) is 0 Å². The summed E-state index contributed by atoms with van der Waals surface area (Å²) in [5, 5.41) is 0. The van der Waals surface area contributed by atoms with Gasteiger partial charge in [0.05, 0.1) is 0 Å². The van der Waals surface area contributed by atoms with Crippen LogP contribution < -0.4 is 0 Å². The number of hydrogen-bond acceptors (Lipinski definition) is 2. The van der Waals surface area contributed by atoms with Crippen molar-refractivity contribution in [2.75, 3.05) is 13.1 Å². The first-order valence-electron chi connectivity index (χ1n) is 5.52. The van der Waals surface area contributed by atoms with Gasteiger partial charge in [-0.05, 0) is 46.8 Å². The Morgan fingerprint density at radius 1 is 1.62 bits per heavy atom. The molecule has 2 heterocycles. The van der Waals surface area contributed by atoms with Gasteiger partial charge in [0.25, 0.3) is 0 Å². The maximum absolute atomic E-state index is 11.2. The number of likely N-dealkylation sites (tertiary alicyclic amines) is 1. The fourth-order valence-corrected chi connectivity index (χ4v) is 2.53. The van der Waals surface area contributed by atoms with Crippen molar-refractivity contribution in [3.63, 3.8) is 0 Å². The molecule has 0 aromatic carbocycles. The van der Waals surface area contributed by atoms with Crippen LogP contribution in [0.5, 0.6) is 0 Å². The van der Waals surface area contributed by atoms with E-state index in [0.29, 0.717) is 5.92 Å². The van der Waals surface area contributed by atoms with Crippen LogP contribution >= 0.6 is 15.9 Å². The number of hydrogen-bond donors (Lipinski definition) is 0. The van der Waals surface area contributed by atoms with Gasteiger partial charge in [-0.2, -0.15) is 0 Å². The Labute approximate surface area is 104 Å². The minimum atomic E-state index is 0.185. The summed E-state index contributed by atoms with van der Waals surface area (Å²) in [4.78, 5) is 17.5. The van der Waals surface area contributed by atoms with Crippen LogP contribution in [-0.4, -0.2) is 28.9 Å². The highest BCUT2D eigenvalue weighted by Gasteiger charge is 2.24. The number of rotatable bonds is 2. The predicted molar refractivity (Wildman–Crippen MR) is 66.0 cm³/mol. The Bertz CT molecular complexity index is 394. The lowest BCUT2D eigenvalue weighted by Gasteiger charge is -2.13. The third kappa shape index (κ3) is 2.82. The van der Waals surface area contributed by atoms with Crippen LogP contribution in [0.2, 0.25) is 0 Å².